The number of fused-ring (bicyclic) bond motifs is 1. The van der Waals surface area contributed by atoms with Crippen molar-refractivity contribution in [3.8, 4) is 17.1 Å². The van der Waals surface area contributed by atoms with E-state index < -0.39 is 0 Å². The topological polar surface area (TPSA) is 74.9 Å². The fourth-order valence-electron chi connectivity index (χ4n) is 1.86. The molecule has 4 N–H and O–H groups in total. The van der Waals surface area contributed by atoms with Crippen LogP contribution in [-0.2, 0) is 0 Å². The number of nitrogens with two attached hydrogens (primary N) is 1. The summed E-state index contributed by atoms with van der Waals surface area (Å²) in [6, 6.07) is 10.6. The zero-order chi connectivity index (χ0) is 12.7. The van der Waals surface area contributed by atoms with Crippen LogP contribution < -0.4 is 5.73 Å². The minimum absolute atomic E-state index is 0.208. The third kappa shape index (κ3) is 1.82. The number of halogens is 1. The van der Waals surface area contributed by atoms with Gasteiger partial charge >= 0.3 is 0 Å². The molecular formula is C13H10BrN3O. The Hall–Kier alpha value is -2.01. The van der Waals surface area contributed by atoms with Crippen LogP contribution in [0.4, 0.5) is 5.69 Å². The first-order valence-corrected chi connectivity index (χ1v) is 6.17. The molecule has 90 valence electrons. The molecule has 1 aromatic heterocycles. The van der Waals surface area contributed by atoms with Crippen LogP contribution in [0.1, 0.15) is 0 Å². The molecule has 5 heteroatoms. The SMILES string of the molecule is Nc1ccc(Br)cc1-c1nc2ccc(O)cc2[nH]1. The highest BCUT2D eigenvalue weighted by atomic mass is 79.9. The number of anilines is 1. The molecule has 1 heterocycles. The maximum atomic E-state index is 9.43. The van der Waals surface area contributed by atoms with Gasteiger partial charge in [0, 0.05) is 21.8 Å². The molecule has 0 saturated heterocycles. The Kier molecular flexibility index (Phi) is 2.48. The van der Waals surface area contributed by atoms with Gasteiger partial charge < -0.3 is 15.8 Å². The van der Waals surface area contributed by atoms with Crippen molar-refractivity contribution in [1.82, 2.24) is 9.97 Å². The molecule has 0 aliphatic carbocycles. The minimum Gasteiger partial charge on any atom is -0.508 e. The van der Waals surface area contributed by atoms with Gasteiger partial charge in [-0.25, -0.2) is 4.98 Å². The standard InChI is InChI=1S/C13H10BrN3O/c14-7-1-3-10(15)9(5-7)13-16-11-4-2-8(18)6-12(11)17-13/h1-6,18H,15H2,(H,16,17). The van der Waals surface area contributed by atoms with E-state index in [1.165, 1.54) is 0 Å². The highest BCUT2D eigenvalue weighted by Gasteiger charge is 2.09. The lowest BCUT2D eigenvalue weighted by Gasteiger charge is -2.02. The summed E-state index contributed by atoms with van der Waals surface area (Å²) >= 11 is 3.41. The second kappa shape index (κ2) is 4.03. The first-order chi connectivity index (χ1) is 8.63. The summed E-state index contributed by atoms with van der Waals surface area (Å²) < 4.78 is 0.940. The van der Waals surface area contributed by atoms with Crippen molar-refractivity contribution in [2.75, 3.05) is 5.73 Å². The van der Waals surface area contributed by atoms with Gasteiger partial charge in [-0.2, -0.15) is 0 Å². The average molecular weight is 304 g/mol. The van der Waals surface area contributed by atoms with Crippen molar-refractivity contribution in [3.05, 3.63) is 40.9 Å². The van der Waals surface area contributed by atoms with Gasteiger partial charge in [0.2, 0.25) is 0 Å². The molecule has 0 aliphatic rings. The molecule has 0 aliphatic heterocycles. The molecule has 3 rings (SSSR count). The largest absolute Gasteiger partial charge is 0.508 e. The number of hydrogen-bond acceptors (Lipinski definition) is 3. The van der Waals surface area contributed by atoms with Crippen LogP contribution in [0.2, 0.25) is 0 Å². The highest BCUT2D eigenvalue weighted by molar-refractivity contribution is 9.10. The molecule has 0 radical (unpaired) electrons. The molecule has 18 heavy (non-hydrogen) atoms. The maximum Gasteiger partial charge on any atom is 0.140 e. The fraction of sp³-hybridized carbons (Fsp3) is 0. The van der Waals surface area contributed by atoms with Crippen LogP contribution in [0.3, 0.4) is 0 Å². The summed E-state index contributed by atoms with van der Waals surface area (Å²) in [5.41, 5.74) is 9.01. The van der Waals surface area contributed by atoms with Crippen LogP contribution in [0.25, 0.3) is 22.4 Å². The highest BCUT2D eigenvalue weighted by Crippen LogP contribution is 2.29. The second-order valence-corrected chi connectivity index (χ2v) is 4.93. The quantitative estimate of drug-likeness (QED) is 0.604. The van der Waals surface area contributed by atoms with Crippen LogP contribution in [-0.4, -0.2) is 15.1 Å². The van der Waals surface area contributed by atoms with Gasteiger partial charge in [0.1, 0.15) is 11.6 Å². The number of nitrogens with zero attached hydrogens (tertiary/aromatic N) is 1. The van der Waals surface area contributed by atoms with Crippen molar-refractivity contribution < 1.29 is 5.11 Å². The Morgan fingerprint density at radius 1 is 1.17 bits per heavy atom. The number of benzene rings is 2. The molecule has 0 saturated carbocycles. The second-order valence-electron chi connectivity index (χ2n) is 4.02. The van der Waals surface area contributed by atoms with Gasteiger partial charge in [0.25, 0.3) is 0 Å². The van der Waals surface area contributed by atoms with Gasteiger partial charge in [-0.05, 0) is 30.3 Å². The van der Waals surface area contributed by atoms with E-state index in [-0.39, 0.29) is 5.75 Å². The van der Waals surface area contributed by atoms with Gasteiger partial charge in [-0.1, -0.05) is 15.9 Å². The number of nitrogens with one attached hydrogen (secondary N) is 1. The first-order valence-electron chi connectivity index (χ1n) is 5.37. The molecular weight excluding hydrogens is 294 g/mol. The predicted molar refractivity (Wildman–Crippen MR) is 75.3 cm³/mol. The summed E-state index contributed by atoms with van der Waals surface area (Å²) in [4.78, 5) is 7.61. The number of imidazole rings is 1. The van der Waals surface area contributed by atoms with Gasteiger partial charge in [0.05, 0.1) is 11.0 Å². The van der Waals surface area contributed by atoms with Crippen molar-refractivity contribution in [3.63, 3.8) is 0 Å². The lowest BCUT2D eigenvalue weighted by Crippen LogP contribution is -1.91. The molecule has 0 spiro atoms. The number of phenols is 1. The summed E-state index contributed by atoms with van der Waals surface area (Å²) in [5, 5.41) is 9.43. The summed E-state index contributed by atoms with van der Waals surface area (Å²) in [6.07, 6.45) is 0. The summed E-state index contributed by atoms with van der Waals surface area (Å²) in [7, 11) is 0. The Morgan fingerprint density at radius 2 is 2.00 bits per heavy atom. The van der Waals surface area contributed by atoms with Gasteiger partial charge in [-0.15, -0.1) is 0 Å². The number of aromatic amines is 1. The molecule has 0 atom stereocenters. The number of aromatic nitrogens is 2. The van der Waals surface area contributed by atoms with Crippen molar-refractivity contribution in [2.24, 2.45) is 0 Å². The van der Waals surface area contributed by atoms with Gasteiger partial charge in [-0.3, -0.25) is 0 Å². The predicted octanol–water partition coefficient (Wildman–Crippen LogP) is 3.28. The smallest absolute Gasteiger partial charge is 0.140 e. The minimum atomic E-state index is 0.208. The zero-order valence-electron chi connectivity index (χ0n) is 9.31. The number of phenolic OH excluding ortho intramolecular Hbond substituents is 1. The van der Waals surface area contributed by atoms with Crippen LogP contribution in [0.15, 0.2) is 40.9 Å². The third-order valence-electron chi connectivity index (χ3n) is 2.74. The molecule has 0 bridgehead atoms. The Balaban J connectivity index is 2.22. The molecule has 3 aromatic rings. The van der Waals surface area contributed by atoms with Crippen molar-refractivity contribution in [2.45, 2.75) is 0 Å². The zero-order valence-corrected chi connectivity index (χ0v) is 10.9. The van der Waals surface area contributed by atoms with E-state index in [9.17, 15) is 5.11 Å². The normalized spacial score (nSPS) is 10.9. The van der Waals surface area contributed by atoms with Gasteiger partial charge in [0.15, 0.2) is 0 Å². The molecule has 0 fully saturated rings. The molecule has 0 unspecified atom stereocenters. The van der Waals surface area contributed by atoms with E-state index in [1.807, 2.05) is 18.2 Å². The summed E-state index contributed by atoms with van der Waals surface area (Å²) in [6.45, 7) is 0. The lowest BCUT2D eigenvalue weighted by molar-refractivity contribution is 0.476. The van der Waals surface area contributed by atoms with Crippen LogP contribution >= 0.6 is 15.9 Å². The summed E-state index contributed by atoms with van der Waals surface area (Å²) in [5.74, 6) is 0.898. The van der Waals surface area contributed by atoms with E-state index in [1.54, 1.807) is 18.2 Å². The number of aromatic hydroxyl groups is 1. The fourth-order valence-corrected chi connectivity index (χ4v) is 2.22. The van der Waals surface area contributed by atoms with Crippen molar-refractivity contribution in [1.29, 1.82) is 0 Å². The number of nitrogen functional groups attached to an aromatic ring is 1. The number of rotatable bonds is 1. The maximum absolute atomic E-state index is 9.43. The number of H-pyrrole nitrogens is 1. The molecule has 2 aromatic carbocycles. The van der Waals surface area contributed by atoms with E-state index in [4.69, 9.17) is 5.73 Å². The first kappa shape index (κ1) is 11.1. The van der Waals surface area contributed by atoms with E-state index in [2.05, 4.69) is 25.9 Å². The molecule has 4 nitrogen and oxygen atoms in total. The third-order valence-corrected chi connectivity index (χ3v) is 3.23. The van der Waals surface area contributed by atoms with Crippen LogP contribution in [0.5, 0.6) is 5.75 Å². The van der Waals surface area contributed by atoms with E-state index in [0.29, 0.717) is 11.5 Å². The van der Waals surface area contributed by atoms with E-state index in [0.717, 1.165) is 21.1 Å². The average Bonchev–Trinajstić information content (AvgIpc) is 2.74. The van der Waals surface area contributed by atoms with Crippen LogP contribution in [0, 0.1) is 0 Å². The monoisotopic (exact) mass is 303 g/mol. The Morgan fingerprint density at radius 3 is 2.83 bits per heavy atom. The Labute approximate surface area is 112 Å². The van der Waals surface area contributed by atoms with E-state index >= 15 is 0 Å². The number of hydrogen-bond donors (Lipinski definition) is 3. The Bertz CT molecular complexity index is 736. The molecule has 0 amide bonds. The van der Waals surface area contributed by atoms with Crippen molar-refractivity contribution >= 4 is 32.7 Å². The lowest BCUT2D eigenvalue weighted by atomic mass is 10.2.